The molecule has 0 atom stereocenters. The molecule has 0 fully saturated rings. The number of fused-ring (bicyclic) bond motifs is 3. The molecular weight excluding hydrogens is 362 g/mol. The Labute approximate surface area is 182 Å². The molecule has 0 bridgehead atoms. The van der Waals surface area contributed by atoms with Crippen molar-refractivity contribution in [3.63, 3.8) is 0 Å². The molecule has 0 spiro atoms. The zero-order valence-corrected chi connectivity index (χ0v) is 19.8. The van der Waals surface area contributed by atoms with Gasteiger partial charge in [0, 0.05) is 16.8 Å². The largest absolute Gasteiger partial charge is 0.356 e. The van der Waals surface area contributed by atoms with Gasteiger partial charge in [0.1, 0.15) is 0 Å². The molecule has 4 rings (SSSR count). The number of rotatable bonds is 2. The van der Waals surface area contributed by atoms with Gasteiger partial charge in [0.15, 0.2) is 0 Å². The third-order valence-electron chi connectivity index (χ3n) is 6.54. The summed E-state index contributed by atoms with van der Waals surface area (Å²) in [5.74, 6) is 0. The molecule has 1 N–H and O–H groups in total. The lowest BCUT2D eigenvalue weighted by molar-refractivity contribution is 0.569. The Hall–Kier alpha value is -2.54. The van der Waals surface area contributed by atoms with Crippen LogP contribution < -0.4 is 5.32 Å². The third kappa shape index (κ3) is 3.55. The quantitative estimate of drug-likeness (QED) is 0.458. The first-order chi connectivity index (χ1) is 13.9. The summed E-state index contributed by atoms with van der Waals surface area (Å²) < 4.78 is 0. The van der Waals surface area contributed by atoms with Crippen molar-refractivity contribution in [2.45, 2.75) is 71.6 Å². The van der Waals surface area contributed by atoms with E-state index in [0.29, 0.717) is 0 Å². The third-order valence-corrected chi connectivity index (χ3v) is 6.54. The molecule has 1 aliphatic carbocycles. The van der Waals surface area contributed by atoms with Crippen molar-refractivity contribution >= 4 is 11.4 Å². The predicted octanol–water partition coefficient (Wildman–Crippen LogP) is 8.33. The Morgan fingerprint density at radius 3 is 1.77 bits per heavy atom. The van der Waals surface area contributed by atoms with E-state index in [-0.39, 0.29) is 16.2 Å². The van der Waals surface area contributed by atoms with Crippen LogP contribution in [0.4, 0.5) is 11.4 Å². The highest BCUT2D eigenvalue weighted by molar-refractivity contribution is 5.83. The zero-order valence-electron chi connectivity index (χ0n) is 19.8. The van der Waals surface area contributed by atoms with Crippen LogP contribution >= 0.6 is 0 Å². The van der Waals surface area contributed by atoms with Gasteiger partial charge in [0.05, 0.1) is 0 Å². The van der Waals surface area contributed by atoms with E-state index in [4.69, 9.17) is 0 Å². The van der Waals surface area contributed by atoms with Crippen LogP contribution in [0.3, 0.4) is 0 Å². The second-order valence-corrected chi connectivity index (χ2v) is 11.4. The highest BCUT2D eigenvalue weighted by Crippen LogP contribution is 2.49. The van der Waals surface area contributed by atoms with Crippen LogP contribution in [0.2, 0.25) is 0 Å². The van der Waals surface area contributed by atoms with Gasteiger partial charge in [-0.05, 0) is 68.5 Å². The van der Waals surface area contributed by atoms with Crippen LogP contribution in [-0.4, -0.2) is 0 Å². The van der Waals surface area contributed by atoms with Gasteiger partial charge in [-0.1, -0.05) is 91.8 Å². The van der Waals surface area contributed by atoms with E-state index in [9.17, 15) is 0 Å². The first kappa shape index (κ1) is 20.7. The van der Waals surface area contributed by atoms with Crippen molar-refractivity contribution < 1.29 is 0 Å². The molecule has 0 saturated heterocycles. The monoisotopic (exact) mass is 397 g/mol. The summed E-state index contributed by atoms with van der Waals surface area (Å²) >= 11 is 0. The molecule has 0 unspecified atom stereocenters. The molecule has 0 saturated carbocycles. The fourth-order valence-corrected chi connectivity index (χ4v) is 4.51. The minimum absolute atomic E-state index is 0.0213. The summed E-state index contributed by atoms with van der Waals surface area (Å²) in [6.07, 6.45) is 0. The molecule has 0 amide bonds. The normalized spacial score (nSPS) is 14.9. The van der Waals surface area contributed by atoms with Crippen molar-refractivity contribution in [2.75, 3.05) is 5.32 Å². The van der Waals surface area contributed by atoms with E-state index in [0.717, 1.165) is 5.69 Å². The second-order valence-electron chi connectivity index (χ2n) is 11.4. The van der Waals surface area contributed by atoms with Gasteiger partial charge >= 0.3 is 0 Å². The molecule has 3 aromatic carbocycles. The summed E-state index contributed by atoms with van der Waals surface area (Å²) in [6, 6.07) is 22.6. The maximum absolute atomic E-state index is 3.72. The fourth-order valence-electron chi connectivity index (χ4n) is 4.51. The Morgan fingerprint density at radius 1 is 0.600 bits per heavy atom. The number of benzene rings is 3. The van der Waals surface area contributed by atoms with Crippen molar-refractivity contribution in [1.29, 1.82) is 0 Å². The summed E-state index contributed by atoms with van der Waals surface area (Å²) in [5.41, 5.74) is 10.8. The predicted molar refractivity (Wildman–Crippen MR) is 131 cm³/mol. The van der Waals surface area contributed by atoms with E-state index in [1.54, 1.807) is 0 Å². The van der Waals surface area contributed by atoms with E-state index >= 15 is 0 Å². The summed E-state index contributed by atoms with van der Waals surface area (Å²) in [4.78, 5) is 0. The standard InChI is InChI=1S/C29H35N/c1-27(2,3)19-15-20(28(4,5)6)17-22(16-19)30-21-13-14-24-23-11-9-10-12-25(23)29(7,8)26(24)18-21/h9-18,30H,1-8H3. The van der Waals surface area contributed by atoms with Crippen molar-refractivity contribution in [3.05, 3.63) is 82.9 Å². The average molecular weight is 398 g/mol. The molecule has 0 heterocycles. The van der Waals surface area contributed by atoms with E-state index in [2.05, 4.69) is 121 Å². The summed E-state index contributed by atoms with van der Waals surface area (Å²) in [6.45, 7) is 18.4. The number of hydrogen-bond acceptors (Lipinski definition) is 1. The first-order valence-electron chi connectivity index (χ1n) is 11.0. The smallest absolute Gasteiger partial charge is 0.0390 e. The van der Waals surface area contributed by atoms with E-state index < -0.39 is 0 Å². The van der Waals surface area contributed by atoms with Gasteiger partial charge in [-0.15, -0.1) is 0 Å². The minimum Gasteiger partial charge on any atom is -0.356 e. The molecule has 0 aliphatic heterocycles. The van der Waals surface area contributed by atoms with Crippen molar-refractivity contribution in [2.24, 2.45) is 0 Å². The molecule has 1 nitrogen and oxygen atoms in total. The van der Waals surface area contributed by atoms with Gasteiger partial charge < -0.3 is 5.32 Å². The lowest BCUT2D eigenvalue weighted by atomic mass is 9.80. The fraction of sp³-hybridized carbons (Fsp3) is 0.379. The van der Waals surface area contributed by atoms with Crippen molar-refractivity contribution in [1.82, 2.24) is 0 Å². The molecule has 156 valence electrons. The molecule has 30 heavy (non-hydrogen) atoms. The van der Waals surface area contributed by atoms with Gasteiger partial charge in [-0.3, -0.25) is 0 Å². The van der Waals surface area contributed by atoms with Gasteiger partial charge in [-0.2, -0.15) is 0 Å². The Kier molecular flexibility index (Phi) is 4.65. The number of nitrogens with one attached hydrogen (secondary N) is 1. The van der Waals surface area contributed by atoms with Crippen LogP contribution in [0.1, 0.15) is 77.6 Å². The summed E-state index contributed by atoms with van der Waals surface area (Å²) in [5, 5.41) is 3.72. The highest BCUT2D eigenvalue weighted by Gasteiger charge is 2.35. The Bertz CT molecular complexity index is 1070. The molecule has 1 aliphatic rings. The molecule has 1 heteroatoms. The molecule has 0 aromatic heterocycles. The maximum atomic E-state index is 3.72. The minimum atomic E-state index is 0.0213. The first-order valence-corrected chi connectivity index (χ1v) is 11.0. The molecular formula is C29H35N. The zero-order chi connectivity index (χ0) is 21.9. The number of anilines is 2. The maximum Gasteiger partial charge on any atom is 0.0390 e. The van der Waals surface area contributed by atoms with E-state index in [1.165, 1.54) is 39.1 Å². The van der Waals surface area contributed by atoms with Gasteiger partial charge in [0.2, 0.25) is 0 Å². The van der Waals surface area contributed by atoms with Crippen LogP contribution in [0, 0.1) is 0 Å². The second kappa shape index (κ2) is 6.74. The Morgan fingerprint density at radius 2 is 1.17 bits per heavy atom. The van der Waals surface area contributed by atoms with Crippen LogP contribution in [0.5, 0.6) is 0 Å². The van der Waals surface area contributed by atoms with Gasteiger partial charge in [-0.25, -0.2) is 0 Å². The van der Waals surface area contributed by atoms with Crippen LogP contribution in [0.25, 0.3) is 11.1 Å². The lowest BCUT2D eigenvalue weighted by Crippen LogP contribution is -2.17. The van der Waals surface area contributed by atoms with Crippen LogP contribution in [0.15, 0.2) is 60.7 Å². The SMILES string of the molecule is CC(C)(C)c1cc(Nc2ccc3c(c2)C(C)(C)c2ccccc2-3)cc(C(C)(C)C)c1. The lowest BCUT2D eigenvalue weighted by Gasteiger charge is -2.27. The topological polar surface area (TPSA) is 12.0 Å². The van der Waals surface area contributed by atoms with Gasteiger partial charge in [0.25, 0.3) is 0 Å². The van der Waals surface area contributed by atoms with E-state index in [1.807, 2.05) is 0 Å². The Balaban J connectivity index is 1.76. The van der Waals surface area contributed by atoms with Crippen LogP contribution in [-0.2, 0) is 16.2 Å². The highest BCUT2D eigenvalue weighted by atomic mass is 14.9. The van der Waals surface area contributed by atoms with Crippen molar-refractivity contribution in [3.8, 4) is 11.1 Å². The summed E-state index contributed by atoms with van der Waals surface area (Å²) in [7, 11) is 0. The molecule has 0 radical (unpaired) electrons. The average Bonchev–Trinajstić information content (AvgIpc) is 2.88. The number of hydrogen-bond donors (Lipinski definition) is 1. The molecule has 3 aromatic rings.